The van der Waals surface area contributed by atoms with Crippen molar-refractivity contribution in [2.75, 3.05) is 0 Å². The maximum atomic E-state index is 10.6. The zero-order chi connectivity index (χ0) is 11.8. The third-order valence-electron chi connectivity index (χ3n) is 4.04. The van der Waals surface area contributed by atoms with Gasteiger partial charge in [0.15, 0.2) is 0 Å². The highest BCUT2D eigenvalue weighted by Gasteiger charge is 2.36. The van der Waals surface area contributed by atoms with Gasteiger partial charge in [-0.15, -0.1) is 0 Å². The molecular weight excluding hydrogens is 200 g/mol. The first-order valence-electron chi connectivity index (χ1n) is 6.23. The molecule has 0 radical (unpaired) electrons. The molecular formula is C13H22N2O. The second kappa shape index (κ2) is 4.21. The van der Waals surface area contributed by atoms with Gasteiger partial charge >= 0.3 is 0 Å². The van der Waals surface area contributed by atoms with Crippen LogP contribution >= 0.6 is 0 Å². The Balaban J connectivity index is 2.06. The van der Waals surface area contributed by atoms with Gasteiger partial charge in [0, 0.05) is 18.8 Å². The maximum Gasteiger partial charge on any atom is 0.0927 e. The molecule has 0 spiro atoms. The summed E-state index contributed by atoms with van der Waals surface area (Å²) in [6.45, 7) is 4.55. The fraction of sp³-hybridized carbons (Fsp3) is 0.769. The molecule has 0 bridgehead atoms. The average Bonchev–Trinajstić information content (AvgIpc) is 2.66. The Morgan fingerprint density at radius 3 is 2.50 bits per heavy atom. The molecule has 0 amide bonds. The van der Waals surface area contributed by atoms with Crippen molar-refractivity contribution >= 4 is 0 Å². The minimum atomic E-state index is -0.625. The monoisotopic (exact) mass is 222 g/mol. The molecule has 1 fully saturated rings. The number of aryl methyl sites for hydroxylation is 1. The van der Waals surface area contributed by atoms with E-state index in [0.717, 1.165) is 43.1 Å². The minimum Gasteiger partial charge on any atom is -0.385 e. The number of aliphatic hydroxyl groups is 1. The number of hydrogen-bond donors (Lipinski definition) is 1. The first kappa shape index (κ1) is 11.6. The summed E-state index contributed by atoms with van der Waals surface area (Å²) in [4.78, 5) is 0. The van der Waals surface area contributed by atoms with Crippen LogP contribution in [0.2, 0.25) is 0 Å². The van der Waals surface area contributed by atoms with E-state index >= 15 is 0 Å². The molecule has 16 heavy (non-hydrogen) atoms. The van der Waals surface area contributed by atoms with Gasteiger partial charge in [0.1, 0.15) is 0 Å². The molecule has 0 atom stereocenters. The fourth-order valence-electron chi connectivity index (χ4n) is 2.73. The lowest BCUT2D eigenvalue weighted by Gasteiger charge is -2.37. The van der Waals surface area contributed by atoms with E-state index in [9.17, 15) is 5.11 Å². The van der Waals surface area contributed by atoms with Gasteiger partial charge in [0.25, 0.3) is 0 Å². The molecule has 1 aromatic rings. The molecule has 3 nitrogen and oxygen atoms in total. The van der Waals surface area contributed by atoms with Gasteiger partial charge < -0.3 is 5.11 Å². The number of nitrogens with zero attached hydrogens (tertiary/aromatic N) is 2. The summed E-state index contributed by atoms with van der Waals surface area (Å²) in [5, 5.41) is 14.7. The highest BCUT2D eigenvalue weighted by molar-refractivity contribution is 5.16. The molecule has 0 saturated heterocycles. The number of hydrogen-bond acceptors (Lipinski definition) is 2. The van der Waals surface area contributed by atoms with Crippen molar-refractivity contribution in [3.63, 3.8) is 0 Å². The highest BCUT2D eigenvalue weighted by Crippen LogP contribution is 2.41. The molecule has 0 aliphatic heterocycles. The third kappa shape index (κ3) is 2.14. The standard InChI is InChI=1S/C13H22N2O/c1-10(2)11-4-6-13(16,7-5-11)12-8-14-15(3)9-12/h8-11,16H,4-7H2,1-3H3. The molecule has 1 aliphatic carbocycles. The van der Waals surface area contributed by atoms with Crippen LogP contribution in [0.4, 0.5) is 0 Å². The summed E-state index contributed by atoms with van der Waals surface area (Å²) in [5.74, 6) is 1.51. The Bertz CT molecular complexity index is 349. The highest BCUT2D eigenvalue weighted by atomic mass is 16.3. The van der Waals surface area contributed by atoms with E-state index in [2.05, 4.69) is 18.9 Å². The molecule has 1 saturated carbocycles. The van der Waals surface area contributed by atoms with Crippen LogP contribution in [0.5, 0.6) is 0 Å². The van der Waals surface area contributed by atoms with Crippen molar-refractivity contribution in [3.05, 3.63) is 18.0 Å². The van der Waals surface area contributed by atoms with Crippen LogP contribution in [0.3, 0.4) is 0 Å². The molecule has 1 aliphatic rings. The summed E-state index contributed by atoms with van der Waals surface area (Å²) < 4.78 is 1.77. The van der Waals surface area contributed by atoms with E-state index in [1.54, 1.807) is 10.9 Å². The molecule has 1 aromatic heterocycles. The first-order valence-corrected chi connectivity index (χ1v) is 6.23. The Labute approximate surface area is 97.5 Å². The van der Waals surface area contributed by atoms with Crippen LogP contribution < -0.4 is 0 Å². The largest absolute Gasteiger partial charge is 0.385 e. The van der Waals surface area contributed by atoms with Crippen LogP contribution in [0.15, 0.2) is 12.4 Å². The SMILES string of the molecule is CC(C)C1CCC(O)(c2cnn(C)c2)CC1. The quantitative estimate of drug-likeness (QED) is 0.834. The van der Waals surface area contributed by atoms with Crippen LogP contribution in [0, 0.1) is 11.8 Å². The van der Waals surface area contributed by atoms with Gasteiger partial charge in [-0.3, -0.25) is 4.68 Å². The summed E-state index contributed by atoms with van der Waals surface area (Å²) >= 11 is 0. The zero-order valence-corrected chi connectivity index (χ0v) is 10.5. The summed E-state index contributed by atoms with van der Waals surface area (Å²) in [6.07, 6.45) is 7.75. The second-order valence-corrected chi connectivity index (χ2v) is 5.52. The lowest BCUT2D eigenvalue weighted by atomic mass is 9.72. The molecule has 2 rings (SSSR count). The Morgan fingerprint density at radius 2 is 2.06 bits per heavy atom. The van der Waals surface area contributed by atoms with Gasteiger partial charge in [0.2, 0.25) is 0 Å². The first-order chi connectivity index (χ1) is 7.51. The van der Waals surface area contributed by atoms with E-state index in [0.29, 0.717) is 0 Å². The number of aromatic nitrogens is 2. The summed E-state index contributed by atoms with van der Waals surface area (Å²) in [5.41, 5.74) is 0.358. The predicted octanol–water partition coefficient (Wildman–Crippen LogP) is 2.45. The van der Waals surface area contributed by atoms with Crippen molar-refractivity contribution in [1.82, 2.24) is 9.78 Å². The topological polar surface area (TPSA) is 38.1 Å². The Morgan fingerprint density at radius 1 is 1.44 bits per heavy atom. The molecule has 90 valence electrons. The Kier molecular flexibility index (Phi) is 3.06. The van der Waals surface area contributed by atoms with Gasteiger partial charge in [-0.2, -0.15) is 5.10 Å². The van der Waals surface area contributed by atoms with Crippen LogP contribution in [0.25, 0.3) is 0 Å². The second-order valence-electron chi connectivity index (χ2n) is 5.52. The predicted molar refractivity (Wildman–Crippen MR) is 63.9 cm³/mol. The fourth-order valence-corrected chi connectivity index (χ4v) is 2.73. The van der Waals surface area contributed by atoms with E-state index in [-0.39, 0.29) is 0 Å². The summed E-state index contributed by atoms with van der Waals surface area (Å²) in [7, 11) is 1.90. The maximum absolute atomic E-state index is 10.6. The van der Waals surface area contributed by atoms with Crippen LogP contribution in [-0.4, -0.2) is 14.9 Å². The summed E-state index contributed by atoms with van der Waals surface area (Å²) in [6, 6.07) is 0. The van der Waals surface area contributed by atoms with Crippen molar-refractivity contribution in [3.8, 4) is 0 Å². The van der Waals surface area contributed by atoms with Gasteiger partial charge in [-0.25, -0.2) is 0 Å². The van der Waals surface area contributed by atoms with Gasteiger partial charge in [-0.05, 0) is 37.5 Å². The van der Waals surface area contributed by atoms with Crippen molar-refractivity contribution in [1.29, 1.82) is 0 Å². The molecule has 1 heterocycles. The zero-order valence-electron chi connectivity index (χ0n) is 10.5. The number of rotatable bonds is 2. The van der Waals surface area contributed by atoms with Crippen molar-refractivity contribution in [2.24, 2.45) is 18.9 Å². The van der Waals surface area contributed by atoms with E-state index < -0.39 is 5.60 Å². The molecule has 3 heteroatoms. The van der Waals surface area contributed by atoms with Crippen molar-refractivity contribution in [2.45, 2.75) is 45.1 Å². The normalized spacial score (nSPS) is 30.9. The lowest BCUT2D eigenvalue weighted by Crippen LogP contribution is -2.32. The van der Waals surface area contributed by atoms with Gasteiger partial charge in [-0.1, -0.05) is 13.8 Å². The third-order valence-corrected chi connectivity index (χ3v) is 4.04. The van der Waals surface area contributed by atoms with E-state index in [1.807, 2.05) is 13.2 Å². The van der Waals surface area contributed by atoms with Gasteiger partial charge in [0.05, 0.1) is 11.8 Å². The Hall–Kier alpha value is -0.830. The average molecular weight is 222 g/mol. The smallest absolute Gasteiger partial charge is 0.0927 e. The van der Waals surface area contributed by atoms with Crippen molar-refractivity contribution < 1.29 is 5.11 Å². The lowest BCUT2D eigenvalue weighted by molar-refractivity contribution is -0.0200. The van der Waals surface area contributed by atoms with E-state index in [4.69, 9.17) is 0 Å². The minimum absolute atomic E-state index is 0.625. The molecule has 0 aromatic carbocycles. The van der Waals surface area contributed by atoms with Crippen LogP contribution in [-0.2, 0) is 12.6 Å². The van der Waals surface area contributed by atoms with E-state index in [1.165, 1.54) is 0 Å². The molecule has 0 unspecified atom stereocenters. The molecule has 1 N–H and O–H groups in total. The van der Waals surface area contributed by atoms with Crippen LogP contribution in [0.1, 0.15) is 45.1 Å².